The van der Waals surface area contributed by atoms with E-state index < -0.39 is 5.91 Å². The van der Waals surface area contributed by atoms with Crippen LogP contribution in [0.5, 0.6) is 0 Å². The fourth-order valence-corrected chi connectivity index (χ4v) is 2.84. The number of hydrogen-bond acceptors (Lipinski definition) is 4. The molecule has 0 aliphatic carbocycles. The smallest absolute Gasteiger partial charge is 0.271 e. The van der Waals surface area contributed by atoms with Crippen molar-refractivity contribution in [1.82, 2.24) is 9.38 Å². The number of carbonyl (C=O) groups excluding carboxylic acids is 1. The molecule has 0 saturated heterocycles. The average molecular weight is 299 g/mol. The van der Waals surface area contributed by atoms with E-state index in [0.29, 0.717) is 10.6 Å². The number of nitrogens with one attached hydrogen (secondary N) is 1. The number of fused-ring (bicyclic) bond motifs is 1. The van der Waals surface area contributed by atoms with E-state index in [1.54, 1.807) is 12.1 Å². The lowest BCUT2D eigenvalue weighted by Gasteiger charge is -2.05. The van der Waals surface area contributed by atoms with E-state index in [-0.39, 0.29) is 11.1 Å². The maximum Gasteiger partial charge on any atom is 0.271 e. The third-order valence-corrected chi connectivity index (χ3v) is 4.13. The molecular formula is C15H13N3O2S. The van der Waals surface area contributed by atoms with E-state index in [0.717, 1.165) is 11.3 Å². The van der Waals surface area contributed by atoms with Crippen molar-refractivity contribution in [3.8, 4) is 0 Å². The highest BCUT2D eigenvalue weighted by Crippen LogP contribution is 2.12. The number of carbonyl (C=O) groups is 1. The van der Waals surface area contributed by atoms with Gasteiger partial charge in [0.05, 0.1) is 0 Å². The standard InChI is InChI=1S/C15H13N3O2S/c1-9-3-5-11(6-4-9)17-13(19)12-7-16-15-18(14(12)20)10(2)8-21-15/h3-8H,1-2H3,(H,17,19). The number of hydrogen-bond donors (Lipinski definition) is 1. The van der Waals surface area contributed by atoms with Gasteiger partial charge in [-0.3, -0.25) is 14.0 Å². The van der Waals surface area contributed by atoms with Crippen molar-refractivity contribution in [2.24, 2.45) is 0 Å². The molecule has 1 N–H and O–H groups in total. The van der Waals surface area contributed by atoms with Gasteiger partial charge in [-0.1, -0.05) is 17.7 Å². The van der Waals surface area contributed by atoms with Gasteiger partial charge in [-0.15, -0.1) is 11.3 Å². The van der Waals surface area contributed by atoms with E-state index in [4.69, 9.17) is 0 Å². The minimum absolute atomic E-state index is 0.0366. The van der Waals surface area contributed by atoms with Crippen LogP contribution in [0.3, 0.4) is 0 Å². The van der Waals surface area contributed by atoms with Crippen molar-refractivity contribution in [3.63, 3.8) is 0 Å². The number of anilines is 1. The number of amides is 1. The second-order valence-corrected chi connectivity index (χ2v) is 5.63. The Bertz CT molecular complexity index is 878. The van der Waals surface area contributed by atoms with Crippen molar-refractivity contribution in [1.29, 1.82) is 0 Å². The van der Waals surface area contributed by atoms with Crippen LogP contribution in [-0.4, -0.2) is 15.3 Å². The Kier molecular flexibility index (Phi) is 3.31. The fraction of sp³-hybridized carbons (Fsp3) is 0.133. The zero-order valence-electron chi connectivity index (χ0n) is 11.6. The van der Waals surface area contributed by atoms with Gasteiger partial charge in [-0.2, -0.15) is 0 Å². The van der Waals surface area contributed by atoms with Crippen LogP contribution in [0.2, 0.25) is 0 Å². The molecular weight excluding hydrogens is 286 g/mol. The zero-order valence-corrected chi connectivity index (χ0v) is 12.4. The third-order valence-electron chi connectivity index (χ3n) is 3.17. The summed E-state index contributed by atoms with van der Waals surface area (Å²) in [7, 11) is 0. The normalized spacial score (nSPS) is 10.8. The zero-order chi connectivity index (χ0) is 15.0. The van der Waals surface area contributed by atoms with Gasteiger partial charge >= 0.3 is 0 Å². The fourth-order valence-electron chi connectivity index (χ4n) is 2.02. The van der Waals surface area contributed by atoms with Crippen LogP contribution < -0.4 is 10.9 Å². The lowest BCUT2D eigenvalue weighted by Crippen LogP contribution is -2.26. The first kappa shape index (κ1) is 13.5. The molecule has 106 valence electrons. The molecule has 5 nitrogen and oxygen atoms in total. The highest BCUT2D eigenvalue weighted by atomic mass is 32.1. The second kappa shape index (κ2) is 5.14. The molecule has 0 aliphatic rings. The van der Waals surface area contributed by atoms with E-state index in [9.17, 15) is 9.59 Å². The summed E-state index contributed by atoms with van der Waals surface area (Å²) >= 11 is 1.37. The lowest BCUT2D eigenvalue weighted by atomic mass is 10.2. The first-order valence-corrected chi connectivity index (χ1v) is 7.28. The van der Waals surface area contributed by atoms with Gasteiger partial charge in [-0.25, -0.2) is 4.98 Å². The molecule has 0 saturated carbocycles. The van der Waals surface area contributed by atoms with Gasteiger partial charge in [-0.05, 0) is 26.0 Å². The maximum atomic E-state index is 12.4. The molecule has 3 aromatic rings. The molecule has 1 amide bonds. The van der Waals surface area contributed by atoms with Gasteiger partial charge in [0.2, 0.25) is 0 Å². The molecule has 0 bridgehead atoms. The Labute approximate surface area is 124 Å². The first-order chi connectivity index (χ1) is 10.1. The van der Waals surface area contributed by atoms with Gasteiger partial charge in [0.15, 0.2) is 4.96 Å². The number of thiazole rings is 1. The highest BCUT2D eigenvalue weighted by Gasteiger charge is 2.15. The lowest BCUT2D eigenvalue weighted by molar-refractivity contribution is 0.102. The Morgan fingerprint density at radius 2 is 1.95 bits per heavy atom. The van der Waals surface area contributed by atoms with E-state index in [1.807, 2.05) is 31.4 Å². The molecule has 3 rings (SSSR count). The van der Waals surface area contributed by atoms with Crippen molar-refractivity contribution in [2.45, 2.75) is 13.8 Å². The van der Waals surface area contributed by atoms with Crippen molar-refractivity contribution >= 4 is 27.9 Å². The monoisotopic (exact) mass is 299 g/mol. The molecule has 2 aromatic heterocycles. The minimum atomic E-state index is -0.448. The molecule has 6 heteroatoms. The number of rotatable bonds is 2. The Hall–Kier alpha value is -2.47. The number of aryl methyl sites for hydroxylation is 2. The van der Waals surface area contributed by atoms with Crippen LogP contribution >= 0.6 is 11.3 Å². The topological polar surface area (TPSA) is 63.5 Å². The molecule has 0 fully saturated rings. The molecule has 0 radical (unpaired) electrons. The molecule has 2 heterocycles. The molecule has 0 unspecified atom stereocenters. The summed E-state index contributed by atoms with van der Waals surface area (Å²) in [6, 6.07) is 7.39. The van der Waals surface area contributed by atoms with Gasteiger partial charge in [0.25, 0.3) is 11.5 Å². The van der Waals surface area contributed by atoms with E-state index in [1.165, 1.54) is 21.9 Å². The Morgan fingerprint density at radius 3 is 2.67 bits per heavy atom. The number of aromatic nitrogens is 2. The van der Waals surface area contributed by atoms with Gasteiger partial charge in [0, 0.05) is 23.0 Å². The van der Waals surface area contributed by atoms with Crippen LogP contribution in [-0.2, 0) is 0 Å². The van der Waals surface area contributed by atoms with E-state index in [2.05, 4.69) is 10.3 Å². The van der Waals surface area contributed by atoms with Gasteiger partial charge in [0.1, 0.15) is 5.56 Å². The predicted molar refractivity (Wildman–Crippen MR) is 83.2 cm³/mol. The van der Waals surface area contributed by atoms with E-state index >= 15 is 0 Å². The predicted octanol–water partition coefficient (Wildman–Crippen LogP) is 2.63. The van der Waals surface area contributed by atoms with Crippen molar-refractivity contribution in [2.75, 3.05) is 5.32 Å². The minimum Gasteiger partial charge on any atom is -0.322 e. The summed E-state index contributed by atoms with van der Waals surface area (Å²) in [6.07, 6.45) is 1.33. The van der Waals surface area contributed by atoms with Gasteiger partial charge < -0.3 is 5.32 Å². The summed E-state index contributed by atoms with van der Waals surface area (Å²) in [5.41, 5.74) is 2.22. The quantitative estimate of drug-likeness (QED) is 0.791. The number of benzene rings is 1. The van der Waals surface area contributed by atoms with Crippen LogP contribution in [0.25, 0.3) is 4.96 Å². The van der Waals surface area contributed by atoms with Crippen molar-refractivity contribution in [3.05, 3.63) is 63.0 Å². The third kappa shape index (κ3) is 2.45. The Morgan fingerprint density at radius 1 is 1.24 bits per heavy atom. The number of nitrogens with zero attached hydrogens (tertiary/aromatic N) is 2. The molecule has 0 atom stereocenters. The molecule has 1 aromatic carbocycles. The highest BCUT2D eigenvalue weighted by molar-refractivity contribution is 7.15. The van der Waals surface area contributed by atoms with Crippen LogP contribution in [0.1, 0.15) is 21.6 Å². The molecule has 21 heavy (non-hydrogen) atoms. The summed E-state index contributed by atoms with van der Waals surface area (Å²) in [4.78, 5) is 29.3. The van der Waals surface area contributed by atoms with Crippen LogP contribution in [0.15, 0.2) is 40.6 Å². The summed E-state index contributed by atoms with van der Waals surface area (Å²) < 4.78 is 1.45. The second-order valence-electron chi connectivity index (χ2n) is 4.79. The van der Waals surface area contributed by atoms with Crippen LogP contribution in [0.4, 0.5) is 5.69 Å². The summed E-state index contributed by atoms with van der Waals surface area (Å²) in [6.45, 7) is 3.78. The summed E-state index contributed by atoms with van der Waals surface area (Å²) in [5, 5.41) is 4.55. The molecule has 0 spiro atoms. The summed E-state index contributed by atoms with van der Waals surface area (Å²) in [5.74, 6) is -0.448. The maximum absolute atomic E-state index is 12.4. The molecule has 0 aliphatic heterocycles. The van der Waals surface area contributed by atoms with Crippen molar-refractivity contribution < 1.29 is 4.79 Å². The Balaban J connectivity index is 1.98. The first-order valence-electron chi connectivity index (χ1n) is 6.40. The largest absolute Gasteiger partial charge is 0.322 e. The SMILES string of the molecule is Cc1ccc(NC(=O)c2cnc3scc(C)n3c2=O)cc1. The average Bonchev–Trinajstić information content (AvgIpc) is 2.84. The van der Waals surface area contributed by atoms with Crippen LogP contribution in [0, 0.1) is 13.8 Å².